The Morgan fingerprint density at radius 3 is 0.510 bits per heavy atom. The van der Waals surface area contributed by atoms with Gasteiger partial charge in [-0.15, -0.1) is 14.1 Å². The Balaban J connectivity index is 0. The summed E-state index contributed by atoms with van der Waals surface area (Å²) < 4.78 is 23.7. The molecule has 0 unspecified atom stereocenters. The van der Waals surface area contributed by atoms with Gasteiger partial charge in [-0.25, -0.2) is 0 Å². The third-order valence-electron chi connectivity index (χ3n) is 13.6. The van der Waals surface area contributed by atoms with Crippen molar-refractivity contribution in [2.45, 2.75) is 92.4 Å². The van der Waals surface area contributed by atoms with Gasteiger partial charge in [0, 0.05) is 14.1 Å². The second kappa shape index (κ2) is 45.1. The van der Waals surface area contributed by atoms with E-state index in [1.165, 1.54) is 53.6 Å². The Bertz CT molecular complexity index is 3520. The van der Waals surface area contributed by atoms with Crippen LogP contribution in [0, 0.1) is 76.1 Å². The van der Waals surface area contributed by atoms with Crippen molar-refractivity contribution in [2.75, 3.05) is 0 Å². The molecule has 0 aliphatic heterocycles. The Morgan fingerprint density at radius 2 is 0.385 bits per heavy atom. The molecule has 0 heterocycles. The maximum Gasteiger partial charge on any atom is 4.00 e. The maximum atomic E-state index is 5.92. The number of hydrogen-bond acceptors (Lipinski definition) is 2. The van der Waals surface area contributed by atoms with E-state index in [2.05, 4.69) is 370 Å². The molecule has 0 saturated heterocycles. The molecule has 0 spiro atoms. The average molecular weight is 1990 g/mol. The summed E-state index contributed by atoms with van der Waals surface area (Å²) in [6, 6.07) is 109. The molecule has 10 aromatic carbocycles. The fraction of sp³-hybridized carbons (Fsp3) is 0.184. The number of aryl methyl sites for hydroxylation is 2. The molecule has 0 saturated carbocycles. The van der Waals surface area contributed by atoms with E-state index >= 15 is 0 Å². The monoisotopic (exact) mass is 1980 g/mol. The zero-order chi connectivity index (χ0) is 63.4. The average Bonchev–Trinajstić information content (AvgIpc) is 0.742. The predicted octanol–water partition coefficient (Wildman–Crippen LogP) is 2.46. The van der Waals surface area contributed by atoms with Crippen LogP contribution in [0.25, 0.3) is 9.51 Å². The fourth-order valence-electron chi connectivity index (χ4n) is 10.4. The third kappa shape index (κ3) is 29.0. The number of benzene rings is 10. The minimum Gasteiger partial charge on any atom is -1.00 e. The van der Waals surface area contributed by atoms with Gasteiger partial charge in [0.2, 0.25) is 0 Å². The molecule has 0 aliphatic rings. The van der Waals surface area contributed by atoms with Crippen LogP contribution in [0.15, 0.2) is 312 Å². The molecule has 0 aromatic heterocycles. The number of rotatable bonds is 16. The zero-order valence-electron chi connectivity index (χ0n) is 57.9. The van der Waals surface area contributed by atoms with Crippen molar-refractivity contribution in [3.05, 3.63) is 324 Å². The summed E-state index contributed by atoms with van der Waals surface area (Å²) >= 11 is 0. The quantitative estimate of drug-likeness (QED) is 0.106. The molecule has 20 heteroatoms. The van der Waals surface area contributed by atoms with Gasteiger partial charge in [0.25, 0.3) is 0 Å². The van der Waals surface area contributed by atoms with Crippen LogP contribution < -0.4 is 117 Å². The van der Waals surface area contributed by atoms with E-state index in [9.17, 15) is 0 Å². The zero-order valence-corrected chi connectivity index (χ0v) is 78.3. The molecule has 0 bridgehead atoms. The SMILES string of the molecule is C[Si](C)(C)N=P(C=P([N-][Si](C)(C)C)(c1ccccc1)c1ccccc1)(c1ccccc1)c1ccccc1.C[Si](C)(C)N=P(C=P([N-][Si](C)(C)C)(c1ccccc1)c1ccccc1)(c1ccccc1)c1ccccc1.Cc1ccccc1.Cc1ccccc1.[Cl-].[Cl-].[Cl-].[Cl-].[Cl-].[Cl-].[U+4].[U+4]. The number of hydrogen-bond donors (Lipinski definition) is 0. The second-order valence-corrected chi connectivity index (χ2v) is 58.1. The molecule has 0 radical (unpaired) electrons. The van der Waals surface area contributed by atoms with E-state index in [4.69, 9.17) is 18.3 Å². The molecule has 4 nitrogen and oxygen atoms in total. The summed E-state index contributed by atoms with van der Waals surface area (Å²) in [5, 5.41) is 10.5. The van der Waals surface area contributed by atoms with Gasteiger partial charge < -0.3 is 92.8 Å². The standard InChI is InChI=1S/2C31H39N2P2Si2.2C7H8.6ClH.2U/c2*1-36(2,3)32-34(28-19-11-7-12-20-28,29-21-13-8-14-22-29)27-35(33-37(4,5)6,30-23-15-9-16-24-30)31-25-17-10-18-26-31;2*1-7-5-3-2-4-6-7;;;;;;;;/h2*7-27H,1-6H3;2*2-6H,1H3;6*1H;;/q2*-1;;;;;;;;;2*+4/p-6. The smallest absolute Gasteiger partial charge is 1.00 e. The first-order valence-electron chi connectivity index (χ1n) is 30.6. The van der Waals surface area contributed by atoms with Crippen molar-refractivity contribution in [1.29, 1.82) is 0 Å². The molecule has 0 amide bonds. The summed E-state index contributed by atoms with van der Waals surface area (Å²) in [5.74, 6) is 0. The first-order valence-corrected chi connectivity index (χ1v) is 51.7. The van der Waals surface area contributed by atoms with Crippen LogP contribution >= 0.6 is 28.2 Å². The molecular formula is C76H94Cl6N4P4Si4U2. The van der Waals surface area contributed by atoms with Crippen molar-refractivity contribution in [3.8, 4) is 0 Å². The second-order valence-electron chi connectivity index (χ2n) is 26.0. The van der Waals surface area contributed by atoms with Crippen LogP contribution in [-0.2, 0) is 0 Å². The van der Waals surface area contributed by atoms with Gasteiger partial charge in [0.15, 0.2) is 16.5 Å². The van der Waals surface area contributed by atoms with Gasteiger partial charge in [-0.3, -0.25) is 0 Å². The summed E-state index contributed by atoms with van der Waals surface area (Å²) in [7, 11) is -16.8. The van der Waals surface area contributed by atoms with Crippen molar-refractivity contribution >= 4 is 115 Å². The van der Waals surface area contributed by atoms with Gasteiger partial charge in [-0.05, 0) is 56.3 Å². The van der Waals surface area contributed by atoms with Gasteiger partial charge in [-0.1, -0.05) is 421 Å². The van der Waals surface area contributed by atoms with Crippen LogP contribution in [0.4, 0.5) is 0 Å². The van der Waals surface area contributed by atoms with Crippen molar-refractivity contribution < 1.29 is 137 Å². The molecule has 10 aromatic rings. The van der Waals surface area contributed by atoms with Crippen molar-refractivity contribution in [1.82, 2.24) is 0 Å². The van der Waals surface area contributed by atoms with E-state index in [0.717, 1.165) is 0 Å². The van der Waals surface area contributed by atoms with Crippen LogP contribution in [0.5, 0.6) is 0 Å². The topological polar surface area (TPSA) is 52.9 Å². The largest absolute Gasteiger partial charge is 4.00 e. The predicted molar refractivity (Wildman–Crippen MR) is 416 cm³/mol. The Hall–Kier alpha value is -2.11. The van der Waals surface area contributed by atoms with Crippen molar-refractivity contribution in [2.24, 2.45) is 8.82 Å². The van der Waals surface area contributed by atoms with Gasteiger partial charge in [0.1, 0.15) is 0 Å². The summed E-state index contributed by atoms with van der Waals surface area (Å²) in [4.78, 5) is 0. The molecular weight excluding hydrogens is 1890 g/mol. The Morgan fingerprint density at radius 1 is 0.240 bits per heavy atom. The number of halogens is 6. The Labute approximate surface area is 668 Å². The first-order chi connectivity index (χ1) is 41.9. The molecule has 0 aliphatic carbocycles. The first kappa shape index (κ1) is 95.9. The van der Waals surface area contributed by atoms with Gasteiger partial charge >= 0.3 is 62.2 Å². The van der Waals surface area contributed by atoms with Crippen molar-refractivity contribution in [3.63, 3.8) is 0 Å². The number of nitrogens with zero attached hydrogens (tertiary/aromatic N) is 4. The molecule has 0 N–H and O–H groups in total. The van der Waals surface area contributed by atoms with E-state index in [1.807, 2.05) is 36.4 Å². The normalized spacial score (nSPS) is 11.1. The van der Waals surface area contributed by atoms with Crippen LogP contribution in [0.2, 0.25) is 78.6 Å². The minimum absolute atomic E-state index is 0. The fourth-order valence-corrected chi connectivity index (χ4v) is 46.2. The van der Waals surface area contributed by atoms with E-state index < -0.39 is 61.1 Å². The van der Waals surface area contributed by atoms with E-state index in [-0.39, 0.29) is 137 Å². The van der Waals surface area contributed by atoms with E-state index in [1.54, 1.807) is 0 Å². The molecule has 96 heavy (non-hydrogen) atoms. The Kier molecular flexibility index (Phi) is 45.1. The summed E-state index contributed by atoms with van der Waals surface area (Å²) in [6.45, 7) is 32.5. The van der Waals surface area contributed by atoms with Gasteiger partial charge in [0.05, 0.1) is 0 Å². The van der Waals surface area contributed by atoms with Crippen LogP contribution in [0.3, 0.4) is 0 Å². The van der Waals surface area contributed by atoms with Gasteiger partial charge in [-0.2, -0.15) is 0 Å². The summed E-state index contributed by atoms with van der Waals surface area (Å²) in [6.07, 6.45) is 0. The van der Waals surface area contributed by atoms with E-state index in [0.29, 0.717) is 0 Å². The molecule has 10 rings (SSSR count). The maximum absolute atomic E-state index is 5.92. The molecule has 0 fully saturated rings. The van der Waals surface area contributed by atoms with Crippen LogP contribution in [0.1, 0.15) is 11.1 Å². The van der Waals surface area contributed by atoms with Crippen LogP contribution in [-0.4, -0.2) is 44.0 Å². The molecule has 504 valence electrons. The third-order valence-corrected chi connectivity index (χ3v) is 42.3. The molecule has 0 atom stereocenters. The minimum atomic E-state index is -2.32. The summed E-state index contributed by atoms with van der Waals surface area (Å²) in [5.41, 5.74) is 8.02.